The van der Waals surface area contributed by atoms with E-state index in [0.717, 1.165) is 25.6 Å². The third-order valence-electron chi connectivity index (χ3n) is 2.45. The van der Waals surface area contributed by atoms with E-state index >= 15 is 0 Å². The molecule has 4 heteroatoms. The standard InChI is InChI=1S/C12H22N4/c1-5-13-12(14-6-2)16(4)10-11-8-7-9-15(11)3/h7-9H,5-6,10H2,1-4H3,(H,13,14). The zero-order valence-electron chi connectivity index (χ0n) is 10.7. The maximum atomic E-state index is 4.45. The number of aromatic nitrogens is 1. The van der Waals surface area contributed by atoms with Gasteiger partial charge < -0.3 is 14.8 Å². The molecule has 1 aromatic rings. The predicted molar refractivity (Wildman–Crippen MR) is 68.5 cm³/mol. The second kappa shape index (κ2) is 6.20. The van der Waals surface area contributed by atoms with E-state index in [4.69, 9.17) is 0 Å². The van der Waals surface area contributed by atoms with E-state index in [1.807, 2.05) is 6.92 Å². The van der Waals surface area contributed by atoms with Gasteiger partial charge in [0, 0.05) is 39.1 Å². The van der Waals surface area contributed by atoms with Crippen molar-refractivity contribution < 1.29 is 0 Å². The molecule has 16 heavy (non-hydrogen) atoms. The van der Waals surface area contributed by atoms with Gasteiger partial charge in [-0.05, 0) is 26.0 Å². The molecule has 0 fully saturated rings. The van der Waals surface area contributed by atoms with E-state index in [1.165, 1.54) is 5.69 Å². The Balaban J connectivity index is 2.65. The Labute approximate surface area is 98.0 Å². The highest BCUT2D eigenvalue weighted by Gasteiger charge is 2.07. The summed E-state index contributed by atoms with van der Waals surface area (Å²) in [7, 11) is 4.12. The zero-order chi connectivity index (χ0) is 12.0. The summed E-state index contributed by atoms with van der Waals surface area (Å²) >= 11 is 0. The minimum atomic E-state index is 0.805. The summed E-state index contributed by atoms with van der Waals surface area (Å²) in [5.41, 5.74) is 1.28. The molecule has 0 amide bonds. The van der Waals surface area contributed by atoms with Crippen molar-refractivity contribution in [3.63, 3.8) is 0 Å². The Morgan fingerprint density at radius 3 is 2.75 bits per heavy atom. The van der Waals surface area contributed by atoms with Crippen LogP contribution >= 0.6 is 0 Å². The van der Waals surface area contributed by atoms with Crippen molar-refractivity contribution in [2.75, 3.05) is 20.1 Å². The molecule has 0 unspecified atom stereocenters. The lowest BCUT2D eigenvalue weighted by Crippen LogP contribution is -2.38. The summed E-state index contributed by atoms with van der Waals surface area (Å²) in [6.45, 7) is 6.71. The van der Waals surface area contributed by atoms with Crippen molar-refractivity contribution in [3.05, 3.63) is 24.0 Å². The van der Waals surface area contributed by atoms with Gasteiger partial charge >= 0.3 is 0 Å². The van der Waals surface area contributed by atoms with Crippen molar-refractivity contribution in [1.29, 1.82) is 0 Å². The first-order chi connectivity index (χ1) is 7.69. The maximum absolute atomic E-state index is 4.45. The molecule has 1 N–H and O–H groups in total. The highest BCUT2D eigenvalue weighted by atomic mass is 15.3. The number of nitrogens with one attached hydrogen (secondary N) is 1. The van der Waals surface area contributed by atoms with Crippen LogP contribution in [0.1, 0.15) is 19.5 Å². The van der Waals surface area contributed by atoms with Gasteiger partial charge in [-0.3, -0.25) is 4.99 Å². The number of guanidine groups is 1. The van der Waals surface area contributed by atoms with Crippen molar-refractivity contribution in [3.8, 4) is 0 Å². The van der Waals surface area contributed by atoms with Gasteiger partial charge in [0.05, 0.1) is 6.54 Å². The molecule has 1 aromatic heterocycles. The molecule has 0 saturated heterocycles. The van der Waals surface area contributed by atoms with E-state index in [1.54, 1.807) is 0 Å². The van der Waals surface area contributed by atoms with Crippen LogP contribution in [0.25, 0.3) is 0 Å². The molecule has 4 nitrogen and oxygen atoms in total. The molecule has 0 saturated carbocycles. The van der Waals surface area contributed by atoms with Gasteiger partial charge in [-0.25, -0.2) is 0 Å². The average molecular weight is 222 g/mol. The third kappa shape index (κ3) is 3.29. The van der Waals surface area contributed by atoms with Crippen molar-refractivity contribution in [2.45, 2.75) is 20.4 Å². The van der Waals surface area contributed by atoms with E-state index < -0.39 is 0 Å². The Morgan fingerprint density at radius 1 is 1.50 bits per heavy atom. The first kappa shape index (κ1) is 12.6. The molecule has 1 heterocycles. The zero-order valence-corrected chi connectivity index (χ0v) is 10.7. The van der Waals surface area contributed by atoms with Crippen molar-refractivity contribution in [2.24, 2.45) is 12.0 Å². The van der Waals surface area contributed by atoms with Gasteiger partial charge in [0.1, 0.15) is 0 Å². The predicted octanol–water partition coefficient (Wildman–Crippen LogP) is 1.44. The number of hydrogen-bond acceptors (Lipinski definition) is 1. The lowest BCUT2D eigenvalue weighted by atomic mass is 10.4. The number of hydrogen-bond donors (Lipinski definition) is 1. The fourth-order valence-corrected chi connectivity index (χ4v) is 1.60. The number of aliphatic imine (C=N–C) groups is 1. The Bertz CT molecular complexity index is 341. The third-order valence-corrected chi connectivity index (χ3v) is 2.45. The lowest BCUT2D eigenvalue weighted by molar-refractivity contribution is 0.462. The van der Waals surface area contributed by atoms with Crippen LogP contribution in [0.3, 0.4) is 0 Å². The monoisotopic (exact) mass is 222 g/mol. The molecule has 0 bridgehead atoms. The topological polar surface area (TPSA) is 32.6 Å². The van der Waals surface area contributed by atoms with Crippen LogP contribution in [0, 0.1) is 0 Å². The quantitative estimate of drug-likeness (QED) is 0.617. The number of rotatable bonds is 4. The Morgan fingerprint density at radius 2 is 2.25 bits per heavy atom. The van der Waals surface area contributed by atoms with E-state index in [0.29, 0.717) is 0 Å². The fourth-order valence-electron chi connectivity index (χ4n) is 1.60. The first-order valence-corrected chi connectivity index (χ1v) is 5.78. The molecule has 0 radical (unpaired) electrons. The van der Waals surface area contributed by atoms with E-state index in [9.17, 15) is 0 Å². The minimum absolute atomic E-state index is 0.805. The fraction of sp³-hybridized carbons (Fsp3) is 0.583. The van der Waals surface area contributed by atoms with E-state index in [-0.39, 0.29) is 0 Å². The number of aryl methyl sites for hydroxylation is 1. The van der Waals surface area contributed by atoms with Crippen molar-refractivity contribution in [1.82, 2.24) is 14.8 Å². The van der Waals surface area contributed by atoms with Crippen molar-refractivity contribution >= 4 is 5.96 Å². The summed E-state index contributed by atoms with van der Waals surface area (Å²) in [6, 6.07) is 4.19. The second-order valence-electron chi connectivity index (χ2n) is 3.79. The van der Waals surface area contributed by atoms with Gasteiger partial charge in [0.2, 0.25) is 0 Å². The van der Waals surface area contributed by atoms with Crippen LogP contribution in [0.5, 0.6) is 0 Å². The second-order valence-corrected chi connectivity index (χ2v) is 3.79. The number of nitrogens with zero attached hydrogens (tertiary/aromatic N) is 3. The van der Waals surface area contributed by atoms with Crippen LogP contribution < -0.4 is 5.32 Å². The first-order valence-electron chi connectivity index (χ1n) is 5.78. The smallest absolute Gasteiger partial charge is 0.193 e. The molecule has 0 atom stereocenters. The summed E-state index contributed by atoms with van der Waals surface area (Å²) in [4.78, 5) is 6.59. The molecule has 0 aromatic carbocycles. The molecule has 1 rings (SSSR count). The van der Waals surface area contributed by atoms with Gasteiger partial charge in [0.25, 0.3) is 0 Å². The Hall–Kier alpha value is -1.45. The molecule has 0 aliphatic rings. The highest BCUT2D eigenvalue weighted by molar-refractivity contribution is 5.79. The SMILES string of the molecule is CCN=C(NCC)N(C)Cc1cccn1C. The van der Waals surface area contributed by atoms with Crippen LogP contribution in [0.15, 0.2) is 23.3 Å². The van der Waals surface area contributed by atoms with Crippen LogP contribution in [-0.2, 0) is 13.6 Å². The molecule has 0 aliphatic heterocycles. The largest absolute Gasteiger partial charge is 0.357 e. The molecule has 90 valence electrons. The molecule has 0 aliphatic carbocycles. The summed E-state index contributed by atoms with van der Waals surface area (Å²) in [5.74, 6) is 0.964. The highest BCUT2D eigenvalue weighted by Crippen LogP contribution is 2.03. The summed E-state index contributed by atoms with van der Waals surface area (Å²) in [6.07, 6.45) is 2.06. The van der Waals surface area contributed by atoms with Crippen LogP contribution in [0.2, 0.25) is 0 Å². The van der Waals surface area contributed by atoms with Crippen LogP contribution in [-0.4, -0.2) is 35.6 Å². The lowest BCUT2D eigenvalue weighted by Gasteiger charge is -2.22. The normalized spacial score (nSPS) is 11.6. The van der Waals surface area contributed by atoms with E-state index in [2.05, 4.69) is 59.1 Å². The summed E-state index contributed by atoms with van der Waals surface area (Å²) < 4.78 is 2.13. The maximum Gasteiger partial charge on any atom is 0.193 e. The van der Waals surface area contributed by atoms with Gasteiger partial charge in [-0.1, -0.05) is 0 Å². The molecular weight excluding hydrogens is 200 g/mol. The average Bonchev–Trinajstić information content (AvgIpc) is 2.64. The minimum Gasteiger partial charge on any atom is -0.357 e. The summed E-state index contributed by atoms with van der Waals surface area (Å²) in [5, 5.41) is 3.28. The Kier molecular flexibility index (Phi) is 4.89. The molecule has 0 spiro atoms. The van der Waals surface area contributed by atoms with Gasteiger partial charge in [-0.15, -0.1) is 0 Å². The van der Waals surface area contributed by atoms with Gasteiger partial charge in [0.15, 0.2) is 5.96 Å². The van der Waals surface area contributed by atoms with Crippen LogP contribution in [0.4, 0.5) is 0 Å². The molecular formula is C12H22N4. The van der Waals surface area contributed by atoms with Gasteiger partial charge in [-0.2, -0.15) is 0 Å².